The molecule has 3 N–H and O–H groups in total. The molecule has 1 saturated heterocycles. The molecule has 0 radical (unpaired) electrons. The van der Waals surface area contributed by atoms with Crippen molar-refractivity contribution in [3.8, 4) is 0 Å². The molecule has 1 fully saturated rings. The summed E-state index contributed by atoms with van der Waals surface area (Å²) in [6, 6.07) is 7.76. The Hall–Kier alpha value is -1.88. The van der Waals surface area contributed by atoms with Crippen molar-refractivity contribution in [3.05, 3.63) is 24.3 Å². The minimum Gasteiger partial charge on any atom is -0.396 e. The largest absolute Gasteiger partial charge is 0.396 e. The number of aromatic nitrogens is 2. The molecule has 0 bridgehead atoms. The van der Waals surface area contributed by atoms with Crippen LogP contribution in [0.15, 0.2) is 24.3 Å². The van der Waals surface area contributed by atoms with Crippen molar-refractivity contribution < 1.29 is 5.11 Å². The van der Waals surface area contributed by atoms with Gasteiger partial charge in [-0.25, -0.2) is 9.97 Å². The summed E-state index contributed by atoms with van der Waals surface area (Å²) in [4.78, 5) is 11.2. The van der Waals surface area contributed by atoms with E-state index in [1.165, 1.54) is 0 Å². The number of rotatable bonds is 3. The van der Waals surface area contributed by atoms with Crippen LogP contribution in [0.2, 0.25) is 0 Å². The van der Waals surface area contributed by atoms with Crippen LogP contribution in [0.25, 0.3) is 11.0 Å². The normalized spacial score (nSPS) is 19.2. The lowest BCUT2D eigenvalue weighted by Gasteiger charge is -2.19. The van der Waals surface area contributed by atoms with Crippen molar-refractivity contribution in [2.75, 3.05) is 30.3 Å². The van der Waals surface area contributed by atoms with E-state index in [0.717, 1.165) is 42.8 Å². The van der Waals surface area contributed by atoms with E-state index in [1.807, 2.05) is 24.3 Å². The predicted molar refractivity (Wildman–Crippen MR) is 76.0 cm³/mol. The Morgan fingerprint density at radius 1 is 1.26 bits per heavy atom. The molecular weight excluding hydrogens is 240 g/mol. The predicted octanol–water partition coefficient (Wildman–Crippen LogP) is 1.42. The van der Waals surface area contributed by atoms with Crippen LogP contribution in [0, 0.1) is 5.92 Å². The molecule has 0 spiro atoms. The van der Waals surface area contributed by atoms with Crippen molar-refractivity contribution in [2.24, 2.45) is 5.92 Å². The molecule has 3 rings (SSSR count). The number of hydrogen-bond acceptors (Lipinski definition) is 5. The van der Waals surface area contributed by atoms with E-state index in [4.69, 9.17) is 10.8 Å². The maximum atomic E-state index is 9.01. The Morgan fingerprint density at radius 2 is 2.00 bits per heavy atom. The van der Waals surface area contributed by atoms with Gasteiger partial charge in [0.25, 0.3) is 0 Å². The van der Waals surface area contributed by atoms with Gasteiger partial charge in [-0.2, -0.15) is 0 Å². The molecule has 100 valence electrons. The lowest BCUT2D eigenvalue weighted by Crippen LogP contribution is -2.23. The third-order valence-electron chi connectivity index (χ3n) is 3.70. The third kappa shape index (κ3) is 2.33. The van der Waals surface area contributed by atoms with Gasteiger partial charge in [0.15, 0.2) is 11.6 Å². The van der Waals surface area contributed by atoms with Gasteiger partial charge in [-0.1, -0.05) is 12.1 Å². The highest BCUT2D eigenvalue weighted by Crippen LogP contribution is 2.28. The fraction of sp³-hybridized carbons (Fsp3) is 0.429. The van der Waals surface area contributed by atoms with Gasteiger partial charge in [-0.05, 0) is 30.9 Å². The van der Waals surface area contributed by atoms with Gasteiger partial charge >= 0.3 is 0 Å². The van der Waals surface area contributed by atoms with Gasteiger partial charge in [0.1, 0.15) is 0 Å². The summed E-state index contributed by atoms with van der Waals surface area (Å²) in [6.07, 6.45) is 1.92. The second-order valence-corrected chi connectivity index (χ2v) is 5.03. The quantitative estimate of drug-likeness (QED) is 0.871. The number of anilines is 2. The SMILES string of the molecule is Nc1nc2ccccc2nc1N1CCC(CCO)C1. The number of benzene rings is 1. The zero-order valence-corrected chi connectivity index (χ0v) is 10.8. The van der Waals surface area contributed by atoms with Crippen LogP contribution in [0.5, 0.6) is 0 Å². The Balaban J connectivity index is 1.90. The summed E-state index contributed by atoms with van der Waals surface area (Å²) in [5.74, 6) is 1.79. The molecule has 0 aliphatic carbocycles. The van der Waals surface area contributed by atoms with E-state index >= 15 is 0 Å². The number of nitrogens with zero attached hydrogens (tertiary/aromatic N) is 3. The molecule has 19 heavy (non-hydrogen) atoms. The molecule has 1 aromatic carbocycles. The lowest BCUT2D eigenvalue weighted by molar-refractivity contribution is 0.263. The summed E-state index contributed by atoms with van der Waals surface area (Å²) in [5.41, 5.74) is 7.72. The van der Waals surface area contributed by atoms with Gasteiger partial charge in [-0.15, -0.1) is 0 Å². The Morgan fingerprint density at radius 3 is 2.74 bits per heavy atom. The van der Waals surface area contributed by atoms with Gasteiger partial charge in [0.05, 0.1) is 11.0 Å². The molecule has 1 aliphatic heterocycles. The molecule has 0 amide bonds. The van der Waals surface area contributed by atoms with E-state index in [9.17, 15) is 0 Å². The zero-order chi connectivity index (χ0) is 13.2. The fourth-order valence-electron chi connectivity index (χ4n) is 2.68. The average molecular weight is 258 g/mol. The first-order valence-electron chi connectivity index (χ1n) is 6.66. The molecule has 0 saturated carbocycles. The van der Waals surface area contributed by atoms with Crippen molar-refractivity contribution in [1.29, 1.82) is 0 Å². The van der Waals surface area contributed by atoms with Crippen LogP contribution in [-0.2, 0) is 0 Å². The monoisotopic (exact) mass is 258 g/mol. The van der Waals surface area contributed by atoms with Crippen molar-refractivity contribution in [3.63, 3.8) is 0 Å². The van der Waals surface area contributed by atoms with E-state index in [2.05, 4.69) is 14.9 Å². The van der Waals surface area contributed by atoms with Gasteiger partial charge in [0.2, 0.25) is 0 Å². The van der Waals surface area contributed by atoms with Crippen LogP contribution in [0.4, 0.5) is 11.6 Å². The molecule has 5 heteroatoms. The molecule has 1 aromatic heterocycles. The van der Waals surface area contributed by atoms with Crippen LogP contribution in [-0.4, -0.2) is 34.8 Å². The molecule has 1 unspecified atom stereocenters. The standard InChI is InChI=1S/C14H18N4O/c15-13-14(18-7-5-10(9-18)6-8-19)17-12-4-2-1-3-11(12)16-13/h1-4,10,19H,5-9H2,(H2,15,16). The minimum atomic E-state index is 0.247. The van der Waals surface area contributed by atoms with E-state index in [1.54, 1.807) is 0 Å². The minimum absolute atomic E-state index is 0.247. The first kappa shape index (κ1) is 12.2. The molecule has 5 nitrogen and oxygen atoms in total. The van der Waals surface area contributed by atoms with E-state index in [-0.39, 0.29) is 6.61 Å². The second-order valence-electron chi connectivity index (χ2n) is 5.03. The van der Waals surface area contributed by atoms with Crippen LogP contribution >= 0.6 is 0 Å². The van der Waals surface area contributed by atoms with Crippen LogP contribution in [0.1, 0.15) is 12.8 Å². The summed E-state index contributed by atoms with van der Waals surface area (Å²) in [6.45, 7) is 2.08. The van der Waals surface area contributed by atoms with E-state index in [0.29, 0.717) is 11.7 Å². The van der Waals surface area contributed by atoms with Crippen molar-refractivity contribution >= 4 is 22.7 Å². The maximum Gasteiger partial charge on any atom is 0.172 e. The average Bonchev–Trinajstić information content (AvgIpc) is 2.87. The van der Waals surface area contributed by atoms with Crippen LogP contribution < -0.4 is 10.6 Å². The van der Waals surface area contributed by atoms with Gasteiger partial charge < -0.3 is 15.7 Å². The first-order valence-corrected chi connectivity index (χ1v) is 6.66. The number of aliphatic hydroxyl groups is 1. The molecule has 2 aromatic rings. The van der Waals surface area contributed by atoms with Gasteiger partial charge in [-0.3, -0.25) is 0 Å². The summed E-state index contributed by atoms with van der Waals surface area (Å²) in [5, 5.41) is 9.01. The molecule has 2 heterocycles. The highest BCUT2D eigenvalue weighted by atomic mass is 16.3. The second kappa shape index (κ2) is 5.01. The molecule has 1 atom stereocenters. The number of hydrogen-bond donors (Lipinski definition) is 2. The first-order chi connectivity index (χ1) is 9.28. The lowest BCUT2D eigenvalue weighted by atomic mass is 10.1. The van der Waals surface area contributed by atoms with Gasteiger partial charge in [0, 0.05) is 19.7 Å². The number of fused-ring (bicyclic) bond motifs is 1. The molecule has 1 aliphatic rings. The number of nitrogen functional groups attached to an aromatic ring is 1. The number of para-hydroxylation sites is 2. The Labute approximate surface area is 112 Å². The molecular formula is C14H18N4O. The van der Waals surface area contributed by atoms with Crippen LogP contribution in [0.3, 0.4) is 0 Å². The summed E-state index contributed by atoms with van der Waals surface area (Å²) in [7, 11) is 0. The number of nitrogens with two attached hydrogens (primary N) is 1. The summed E-state index contributed by atoms with van der Waals surface area (Å²) >= 11 is 0. The Bertz CT molecular complexity index is 587. The summed E-state index contributed by atoms with van der Waals surface area (Å²) < 4.78 is 0. The van der Waals surface area contributed by atoms with Crippen molar-refractivity contribution in [2.45, 2.75) is 12.8 Å². The Kier molecular flexibility index (Phi) is 3.21. The highest BCUT2D eigenvalue weighted by Gasteiger charge is 2.25. The maximum absolute atomic E-state index is 9.01. The number of aliphatic hydroxyl groups excluding tert-OH is 1. The smallest absolute Gasteiger partial charge is 0.172 e. The fourth-order valence-corrected chi connectivity index (χ4v) is 2.68. The zero-order valence-electron chi connectivity index (χ0n) is 10.8. The van der Waals surface area contributed by atoms with Crippen molar-refractivity contribution in [1.82, 2.24) is 9.97 Å². The third-order valence-corrected chi connectivity index (χ3v) is 3.70. The van der Waals surface area contributed by atoms with E-state index < -0.39 is 0 Å². The highest BCUT2D eigenvalue weighted by molar-refractivity contribution is 5.79. The topological polar surface area (TPSA) is 75.3 Å².